The Kier molecular flexibility index (Phi) is 6.54. The van der Waals surface area contributed by atoms with E-state index < -0.39 is 37.1 Å². The highest BCUT2D eigenvalue weighted by Gasteiger charge is 2.48. The van der Waals surface area contributed by atoms with E-state index >= 15 is 0 Å². The highest BCUT2D eigenvalue weighted by Crippen LogP contribution is 2.30. The summed E-state index contributed by atoms with van der Waals surface area (Å²) in [4.78, 5) is 15.5. The Morgan fingerprint density at radius 3 is 2.24 bits per heavy atom. The van der Waals surface area contributed by atoms with Crippen LogP contribution in [0, 0.1) is 0 Å². The van der Waals surface area contributed by atoms with Crippen LogP contribution in [-0.2, 0) is 30.8 Å². The van der Waals surface area contributed by atoms with Gasteiger partial charge in [0.1, 0.15) is 0 Å². The van der Waals surface area contributed by atoms with Crippen molar-refractivity contribution in [2.24, 2.45) is 0 Å². The van der Waals surface area contributed by atoms with E-state index in [9.17, 15) is 21.6 Å². The molecule has 0 aromatic heterocycles. The van der Waals surface area contributed by atoms with Crippen molar-refractivity contribution in [2.45, 2.75) is 36.5 Å². The van der Waals surface area contributed by atoms with Crippen LogP contribution in [0.15, 0.2) is 29.2 Å². The summed E-state index contributed by atoms with van der Waals surface area (Å²) in [6, 6.07) is 6.05. The van der Waals surface area contributed by atoms with E-state index in [-0.39, 0.29) is 23.0 Å². The van der Waals surface area contributed by atoms with Crippen molar-refractivity contribution in [3.63, 3.8) is 0 Å². The molecule has 2 atom stereocenters. The molecule has 162 valence electrons. The van der Waals surface area contributed by atoms with Gasteiger partial charge in [0, 0.05) is 32.2 Å². The van der Waals surface area contributed by atoms with Gasteiger partial charge >= 0.3 is 6.09 Å². The summed E-state index contributed by atoms with van der Waals surface area (Å²) in [5, 5.41) is -1.01. The van der Waals surface area contributed by atoms with E-state index in [0.717, 1.165) is 12.0 Å². The maximum atomic E-state index is 13.3. The van der Waals surface area contributed by atoms with Gasteiger partial charge < -0.3 is 9.64 Å². The molecule has 0 spiro atoms. The molecule has 2 aliphatic rings. The molecule has 0 saturated carbocycles. The minimum Gasteiger partial charge on any atom is -0.450 e. The largest absolute Gasteiger partial charge is 0.450 e. The number of rotatable bonds is 5. The number of carbonyl (C=O) groups is 1. The molecule has 1 amide bonds. The molecule has 2 fully saturated rings. The lowest BCUT2D eigenvalue weighted by atomic mass is 10.2. The van der Waals surface area contributed by atoms with Crippen LogP contribution in [0.1, 0.15) is 19.4 Å². The molecule has 8 nitrogen and oxygen atoms in total. The Morgan fingerprint density at radius 2 is 1.69 bits per heavy atom. The summed E-state index contributed by atoms with van der Waals surface area (Å²) >= 11 is 0. The molecule has 1 aromatic carbocycles. The summed E-state index contributed by atoms with van der Waals surface area (Å²) < 4.78 is 56.2. The topological polar surface area (TPSA) is 101 Å². The maximum absolute atomic E-state index is 13.3. The van der Waals surface area contributed by atoms with E-state index in [1.165, 1.54) is 0 Å². The van der Waals surface area contributed by atoms with Gasteiger partial charge in [0.15, 0.2) is 19.7 Å². The second-order valence-corrected chi connectivity index (χ2v) is 11.8. The summed E-state index contributed by atoms with van der Waals surface area (Å²) in [5.74, 6) is -0.545. The van der Waals surface area contributed by atoms with Gasteiger partial charge in [-0.05, 0) is 31.0 Å². The first-order valence-electron chi connectivity index (χ1n) is 9.87. The van der Waals surface area contributed by atoms with E-state index in [1.54, 1.807) is 36.1 Å². The number of carbonyl (C=O) groups excluding carboxylic acids is 1. The number of hydrogen-bond acceptors (Lipinski definition) is 7. The van der Waals surface area contributed by atoms with Gasteiger partial charge in [-0.3, -0.25) is 4.90 Å². The van der Waals surface area contributed by atoms with Gasteiger partial charge in [0.05, 0.1) is 28.3 Å². The summed E-state index contributed by atoms with van der Waals surface area (Å²) in [7, 11) is -7.26. The zero-order valence-corrected chi connectivity index (χ0v) is 18.4. The number of benzene rings is 1. The van der Waals surface area contributed by atoms with E-state index in [1.807, 2.05) is 11.8 Å². The average Bonchev–Trinajstić information content (AvgIpc) is 3.04. The zero-order chi connectivity index (χ0) is 21.2. The highest BCUT2D eigenvalue weighted by molar-refractivity contribution is 7.96. The van der Waals surface area contributed by atoms with Crippen LogP contribution in [0.5, 0.6) is 0 Å². The molecular weight excluding hydrogens is 416 g/mol. The van der Waals surface area contributed by atoms with E-state index in [4.69, 9.17) is 4.74 Å². The van der Waals surface area contributed by atoms with Crippen LogP contribution in [0.3, 0.4) is 0 Å². The number of nitrogens with zero attached hydrogens (tertiary/aromatic N) is 2. The second-order valence-electron chi connectivity index (χ2n) is 7.45. The van der Waals surface area contributed by atoms with Gasteiger partial charge in [0.2, 0.25) is 0 Å². The minimum atomic E-state index is -3.80. The first-order chi connectivity index (χ1) is 13.7. The van der Waals surface area contributed by atoms with E-state index in [2.05, 4.69) is 0 Å². The standard InChI is InChI=1S/C19H28N2O6S2/c1-3-15-5-7-16(8-6-15)29(25,26)18-14-28(23,24)13-17(18)20-9-11-21(12-10-20)19(22)27-4-2/h5-8,17-18H,3-4,9-14H2,1-2H3/t17-,18-/m0/s1. The van der Waals surface area contributed by atoms with Gasteiger partial charge in [-0.1, -0.05) is 19.1 Å². The molecule has 10 heteroatoms. The highest BCUT2D eigenvalue weighted by atomic mass is 32.2. The smallest absolute Gasteiger partial charge is 0.409 e. The van der Waals surface area contributed by atoms with Crippen molar-refractivity contribution in [3.05, 3.63) is 29.8 Å². The fraction of sp³-hybridized carbons (Fsp3) is 0.632. The van der Waals surface area contributed by atoms with Crippen molar-refractivity contribution in [3.8, 4) is 0 Å². The Balaban J connectivity index is 1.80. The Bertz CT molecular complexity index is 935. The predicted molar refractivity (Wildman–Crippen MR) is 109 cm³/mol. The monoisotopic (exact) mass is 444 g/mol. The third-order valence-electron chi connectivity index (χ3n) is 5.64. The molecule has 2 aliphatic heterocycles. The van der Waals surface area contributed by atoms with Crippen molar-refractivity contribution in [1.82, 2.24) is 9.80 Å². The van der Waals surface area contributed by atoms with Crippen LogP contribution in [0.2, 0.25) is 0 Å². The van der Waals surface area contributed by atoms with Crippen molar-refractivity contribution in [2.75, 3.05) is 44.3 Å². The first-order valence-corrected chi connectivity index (χ1v) is 13.2. The van der Waals surface area contributed by atoms with Crippen LogP contribution in [-0.4, -0.2) is 88.3 Å². The number of hydrogen-bond donors (Lipinski definition) is 0. The van der Waals surface area contributed by atoms with Crippen LogP contribution in [0.25, 0.3) is 0 Å². The van der Waals surface area contributed by atoms with Crippen LogP contribution >= 0.6 is 0 Å². The van der Waals surface area contributed by atoms with Crippen molar-refractivity contribution >= 4 is 25.8 Å². The lowest BCUT2D eigenvalue weighted by Gasteiger charge is -2.38. The molecule has 0 unspecified atom stereocenters. The van der Waals surface area contributed by atoms with Gasteiger partial charge in [-0.2, -0.15) is 0 Å². The molecule has 1 aromatic rings. The summed E-state index contributed by atoms with van der Waals surface area (Å²) in [5.41, 5.74) is 1.02. The van der Waals surface area contributed by atoms with Gasteiger partial charge in [-0.25, -0.2) is 21.6 Å². The Hall–Kier alpha value is -1.65. The molecule has 2 heterocycles. The van der Waals surface area contributed by atoms with Crippen molar-refractivity contribution in [1.29, 1.82) is 0 Å². The fourth-order valence-electron chi connectivity index (χ4n) is 3.97. The van der Waals surface area contributed by atoms with E-state index in [0.29, 0.717) is 26.2 Å². The number of ether oxygens (including phenoxy) is 1. The third-order valence-corrected chi connectivity index (χ3v) is 9.77. The molecule has 0 aliphatic carbocycles. The Morgan fingerprint density at radius 1 is 1.07 bits per heavy atom. The first kappa shape index (κ1) is 22.0. The lowest BCUT2D eigenvalue weighted by molar-refractivity contribution is 0.0700. The average molecular weight is 445 g/mol. The number of aryl methyl sites for hydroxylation is 1. The van der Waals surface area contributed by atoms with Crippen LogP contribution < -0.4 is 0 Å². The molecular formula is C19H28N2O6S2. The summed E-state index contributed by atoms with van der Waals surface area (Å²) in [6.07, 6.45) is 0.400. The van der Waals surface area contributed by atoms with Gasteiger partial charge in [-0.15, -0.1) is 0 Å². The second kappa shape index (κ2) is 8.61. The predicted octanol–water partition coefficient (Wildman–Crippen LogP) is 0.962. The lowest BCUT2D eigenvalue weighted by Crippen LogP contribution is -2.55. The quantitative estimate of drug-likeness (QED) is 0.667. The SMILES string of the molecule is CCOC(=O)N1CCN([C@H]2CS(=O)(=O)C[C@@H]2S(=O)(=O)c2ccc(CC)cc2)CC1. The third kappa shape index (κ3) is 4.75. The summed E-state index contributed by atoms with van der Waals surface area (Å²) in [6.45, 7) is 5.61. The number of amides is 1. The minimum absolute atomic E-state index is 0.159. The van der Waals surface area contributed by atoms with Crippen LogP contribution in [0.4, 0.5) is 4.79 Å². The normalized spacial score (nSPS) is 25.1. The Labute approximate surface area is 172 Å². The molecule has 2 saturated heterocycles. The molecule has 29 heavy (non-hydrogen) atoms. The molecule has 0 N–H and O–H groups in total. The zero-order valence-electron chi connectivity index (χ0n) is 16.8. The van der Waals surface area contributed by atoms with Gasteiger partial charge in [0.25, 0.3) is 0 Å². The molecule has 3 rings (SSSR count). The molecule has 0 bridgehead atoms. The fourth-order valence-corrected chi connectivity index (χ4v) is 8.80. The maximum Gasteiger partial charge on any atom is 0.409 e. The number of piperazine rings is 1. The van der Waals surface area contributed by atoms with Crippen molar-refractivity contribution < 1.29 is 26.4 Å². The number of sulfone groups is 2. The molecule has 0 radical (unpaired) electrons.